The third-order valence-corrected chi connectivity index (χ3v) is 3.04. The molecule has 92 valence electrons. The Morgan fingerprint density at radius 3 is 2.47 bits per heavy atom. The van der Waals surface area contributed by atoms with Crippen LogP contribution in [-0.4, -0.2) is 32.1 Å². The maximum Gasteiger partial charge on any atom is 0.162 e. The van der Waals surface area contributed by atoms with Crippen molar-refractivity contribution in [1.29, 1.82) is 0 Å². The van der Waals surface area contributed by atoms with Crippen LogP contribution in [0.15, 0.2) is 24.3 Å². The van der Waals surface area contributed by atoms with Crippen molar-refractivity contribution in [3.05, 3.63) is 29.8 Å². The number of carbonyl (C=O) groups excluding carboxylic acids is 1. The van der Waals surface area contributed by atoms with E-state index < -0.39 is 0 Å². The maximum atomic E-state index is 11.7. The van der Waals surface area contributed by atoms with E-state index in [0.717, 1.165) is 38.3 Å². The smallest absolute Gasteiger partial charge is 0.162 e. The summed E-state index contributed by atoms with van der Waals surface area (Å²) in [5.41, 5.74) is 2.00. The molecule has 3 nitrogen and oxygen atoms in total. The summed E-state index contributed by atoms with van der Waals surface area (Å²) in [7, 11) is 0. The molecule has 0 aromatic heterocycles. The number of rotatable bonds is 4. The van der Waals surface area contributed by atoms with E-state index in [9.17, 15) is 4.79 Å². The Bertz CT molecular complexity index is 366. The lowest BCUT2D eigenvalue weighted by molar-refractivity contribution is 0.0981. The largest absolute Gasteiger partial charge is 0.378 e. The van der Waals surface area contributed by atoms with Gasteiger partial charge in [-0.25, -0.2) is 0 Å². The molecule has 1 aromatic rings. The molecule has 0 atom stereocenters. The molecule has 0 radical (unpaired) electrons. The Balaban J connectivity index is 2.04. The lowest BCUT2D eigenvalue weighted by atomic mass is 10.1. The summed E-state index contributed by atoms with van der Waals surface area (Å²) in [5.74, 6) is 0.237. The fraction of sp³-hybridized carbons (Fsp3) is 0.500. The highest BCUT2D eigenvalue weighted by Crippen LogP contribution is 2.17. The van der Waals surface area contributed by atoms with Crippen molar-refractivity contribution in [3.8, 4) is 0 Å². The van der Waals surface area contributed by atoms with E-state index in [1.165, 1.54) is 5.69 Å². The van der Waals surface area contributed by atoms with Crippen LogP contribution in [0.4, 0.5) is 5.69 Å². The Morgan fingerprint density at radius 2 is 1.88 bits per heavy atom. The first kappa shape index (κ1) is 12.1. The van der Waals surface area contributed by atoms with Gasteiger partial charge < -0.3 is 9.64 Å². The van der Waals surface area contributed by atoms with Gasteiger partial charge >= 0.3 is 0 Å². The van der Waals surface area contributed by atoms with Gasteiger partial charge in [0.25, 0.3) is 0 Å². The SMILES string of the molecule is CCCC(=O)c1ccc(N2CCOCC2)cc1. The monoisotopic (exact) mass is 233 g/mol. The van der Waals surface area contributed by atoms with Gasteiger partial charge in [0.1, 0.15) is 0 Å². The van der Waals surface area contributed by atoms with Crippen molar-refractivity contribution in [1.82, 2.24) is 0 Å². The second kappa shape index (κ2) is 5.82. The molecule has 1 aromatic carbocycles. The second-order valence-electron chi connectivity index (χ2n) is 4.32. The number of anilines is 1. The molecule has 1 saturated heterocycles. The van der Waals surface area contributed by atoms with Gasteiger partial charge in [0.05, 0.1) is 13.2 Å². The van der Waals surface area contributed by atoms with Crippen LogP contribution in [0.25, 0.3) is 0 Å². The zero-order valence-corrected chi connectivity index (χ0v) is 10.3. The van der Waals surface area contributed by atoms with Crippen LogP contribution in [0.2, 0.25) is 0 Å². The minimum Gasteiger partial charge on any atom is -0.378 e. The summed E-state index contributed by atoms with van der Waals surface area (Å²) >= 11 is 0. The number of nitrogens with zero attached hydrogens (tertiary/aromatic N) is 1. The first-order valence-electron chi connectivity index (χ1n) is 6.27. The Morgan fingerprint density at radius 1 is 1.24 bits per heavy atom. The van der Waals surface area contributed by atoms with Gasteiger partial charge in [-0.2, -0.15) is 0 Å². The molecular formula is C14H19NO2. The quantitative estimate of drug-likeness (QED) is 0.748. The zero-order valence-electron chi connectivity index (χ0n) is 10.3. The highest BCUT2D eigenvalue weighted by atomic mass is 16.5. The standard InChI is InChI=1S/C14H19NO2/c1-2-3-14(16)12-4-6-13(7-5-12)15-8-10-17-11-9-15/h4-7H,2-3,8-11H2,1H3. The van der Waals surface area contributed by atoms with Crippen LogP contribution in [0, 0.1) is 0 Å². The normalized spacial score (nSPS) is 15.9. The van der Waals surface area contributed by atoms with Crippen LogP contribution < -0.4 is 4.90 Å². The molecule has 0 amide bonds. The minimum atomic E-state index is 0.237. The van der Waals surface area contributed by atoms with Crippen molar-refractivity contribution in [2.24, 2.45) is 0 Å². The molecular weight excluding hydrogens is 214 g/mol. The van der Waals surface area contributed by atoms with Gasteiger partial charge in [-0.1, -0.05) is 6.92 Å². The second-order valence-corrected chi connectivity index (χ2v) is 4.32. The number of carbonyl (C=O) groups is 1. The topological polar surface area (TPSA) is 29.5 Å². The lowest BCUT2D eigenvalue weighted by Gasteiger charge is -2.28. The number of ether oxygens (including phenoxy) is 1. The minimum absolute atomic E-state index is 0.237. The summed E-state index contributed by atoms with van der Waals surface area (Å²) in [6.07, 6.45) is 1.54. The molecule has 0 bridgehead atoms. The molecule has 1 aliphatic heterocycles. The predicted molar refractivity (Wildman–Crippen MR) is 68.7 cm³/mol. The molecule has 1 heterocycles. The average molecular weight is 233 g/mol. The Labute approximate surface area is 102 Å². The van der Waals surface area contributed by atoms with Crippen molar-refractivity contribution < 1.29 is 9.53 Å². The van der Waals surface area contributed by atoms with Crippen molar-refractivity contribution in [2.75, 3.05) is 31.2 Å². The van der Waals surface area contributed by atoms with Crippen LogP contribution in [0.1, 0.15) is 30.1 Å². The number of Topliss-reactive ketones (excluding diaryl/α,β-unsaturated/α-hetero) is 1. The zero-order chi connectivity index (χ0) is 12.1. The molecule has 1 aliphatic rings. The van der Waals surface area contributed by atoms with Gasteiger partial charge in [-0.05, 0) is 30.7 Å². The number of morpholine rings is 1. The lowest BCUT2D eigenvalue weighted by Crippen LogP contribution is -2.36. The number of benzene rings is 1. The number of ketones is 1. The number of hydrogen-bond acceptors (Lipinski definition) is 3. The van der Waals surface area contributed by atoms with Gasteiger partial charge in [0.15, 0.2) is 5.78 Å². The molecule has 0 N–H and O–H groups in total. The molecule has 0 saturated carbocycles. The van der Waals surface area contributed by atoms with E-state index >= 15 is 0 Å². The van der Waals surface area contributed by atoms with E-state index in [0.29, 0.717) is 6.42 Å². The summed E-state index contributed by atoms with van der Waals surface area (Å²) in [6, 6.07) is 7.94. The van der Waals surface area contributed by atoms with E-state index in [2.05, 4.69) is 4.90 Å². The first-order chi connectivity index (χ1) is 8.31. The average Bonchev–Trinajstić information content (AvgIpc) is 2.40. The van der Waals surface area contributed by atoms with Crippen LogP contribution in [-0.2, 0) is 4.74 Å². The molecule has 1 fully saturated rings. The van der Waals surface area contributed by atoms with Crippen molar-refractivity contribution in [3.63, 3.8) is 0 Å². The van der Waals surface area contributed by atoms with Gasteiger partial charge in [-0.15, -0.1) is 0 Å². The van der Waals surface area contributed by atoms with E-state index in [-0.39, 0.29) is 5.78 Å². The van der Waals surface area contributed by atoms with E-state index in [4.69, 9.17) is 4.74 Å². The van der Waals surface area contributed by atoms with Crippen molar-refractivity contribution in [2.45, 2.75) is 19.8 Å². The van der Waals surface area contributed by atoms with Gasteiger partial charge in [0.2, 0.25) is 0 Å². The molecule has 2 rings (SSSR count). The highest BCUT2D eigenvalue weighted by molar-refractivity contribution is 5.96. The summed E-state index contributed by atoms with van der Waals surface area (Å²) in [5, 5.41) is 0. The molecule has 0 unspecified atom stereocenters. The summed E-state index contributed by atoms with van der Waals surface area (Å²) in [6.45, 7) is 5.47. The first-order valence-corrected chi connectivity index (χ1v) is 6.27. The predicted octanol–water partition coefficient (Wildman–Crippen LogP) is 2.51. The molecule has 3 heteroatoms. The van der Waals surface area contributed by atoms with Gasteiger partial charge in [0, 0.05) is 30.8 Å². The van der Waals surface area contributed by atoms with Crippen LogP contribution in [0.3, 0.4) is 0 Å². The highest BCUT2D eigenvalue weighted by Gasteiger charge is 2.11. The number of hydrogen-bond donors (Lipinski definition) is 0. The third kappa shape index (κ3) is 3.07. The molecule has 0 aliphatic carbocycles. The maximum absolute atomic E-state index is 11.7. The van der Waals surface area contributed by atoms with Crippen LogP contribution in [0.5, 0.6) is 0 Å². The van der Waals surface area contributed by atoms with Crippen molar-refractivity contribution >= 4 is 11.5 Å². The van der Waals surface area contributed by atoms with Gasteiger partial charge in [-0.3, -0.25) is 4.79 Å². The Hall–Kier alpha value is -1.35. The Kier molecular flexibility index (Phi) is 4.15. The van der Waals surface area contributed by atoms with E-state index in [1.54, 1.807) is 0 Å². The fourth-order valence-electron chi connectivity index (χ4n) is 2.05. The third-order valence-electron chi connectivity index (χ3n) is 3.04. The molecule has 0 spiro atoms. The fourth-order valence-corrected chi connectivity index (χ4v) is 2.05. The van der Waals surface area contributed by atoms with Crippen LogP contribution >= 0.6 is 0 Å². The van der Waals surface area contributed by atoms with E-state index in [1.807, 2.05) is 31.2 Å². The molecule has 17 heavy (non-hydrogen) atoms. The summed E-state index contributed by atoms with van der Waals surface area (Å²) < 4.78 is 5.32. The summed E-state index contributed by atoms with van der Waals surface area (Å²) in [4.78, 5) is 14.0.